The van der Waals surface area contributed by atoms with Gasteiger partial charge in [-0.1, -0.05) is 11.6 Å². The predicted molar refractivity (Wildman–Crippen MR) is 42.0 cm³/mol. The zero-order valence-electron chi connectivity index (χ0n) is 5.92. The van der Waals surface area contributed by atoms with E-state index in [-0.39, 0.29) is 0 Å². The van der Waals surface area contributed by atoms with Crippen molar-refractivity contribution >= 4 is 11.6 Å². The first-order chi connectivity index (χ1) is 5.86. The van der Waals surface area contributed by atoms with E-state index in [9.17, 15) is 0 Å². The molecule has 2 aromatic rings. The molecule has 2 rings (SSSR count). The fraction of sp³-hybridized carbons (Fsp3) is 0. The minimum atomic E-state index is 0.397. The largest absolute Gasteiger partial charge is 0.272 e. The standard InChI is InChI=1S/C6H4ClN5/c7-5-1-6(9-2-8-5)12-3-10-11-4-12/h1-4H. The van der Waals surface area contributed by atoms with Gasteiger partial charge >= 0.3 is 0 Å². The highest BCUT2D eigenvalue weighted by Gasteiger charge is 1.97. The van der Waals surface area contributed by atoms with Crippen molar-refractivity contribution in [3.8, 4) is 5.82 Å². The molecule has 2 aromatic heterocycles. The SMILES string of the molecule is Clc1cc(-n2cnnc2)ncn1. The number of aromatic nitrogens is 5. The topological polar surface area (TPSA) is 56.5 Å². The maximum absolute atomic E-state index is 5.66. The van der Waals surface area contributed by atoms with Crippen LogP contribution in [0.5, 0.6) is 0 Å². The minimum Gasteiger partial charge on any atom is -0.272 e. The molecule has 0 aliphatic carbocycles. The normalized spacial score (nSPS) is 10.1. The molecule has 0 N–H and O–H groups in total. The second-order valence-corrected chi connectivity index (χ2v) is 2.46. The van der Waals surface area contributed by atoms with E-state index in [1.165, 1.54) is 6.33 Å². The molecule has 0 fully saturated rings. The number of nitrogens with zero attached hydrogens (tertiary/aromatic N) is 5. The molecule has 5 nitrogen and oxygen atoms in total. The molecule has 0 radical (unpaired) electrons. The highest BCUT2D eigenvalue weighted by molar-refractivity contribution is 6.29. The molecule has 0 aliphatic heterocycles. The quantitative estimate of drug-likeness (QED) is 0.608. The maximum Gasteiger partial charge on any atom is 0.144 e. The molecule has 0 atom stereocenters. The summed E-state index contributed by atoms with van der Waals surface area (Å²) in [5.74, 6) is 0.653. The molecule has 0 bridgehead atoms. The summed E-state index contributed by atoms with van der Waals surface area (Å²) in [7, 11) is 0. The summed E-state index contributed by atoms with van der Waals surface area (Å²) in [5, 5.41) is 7.67. The van der Waals surface area contributed by atoms with E-state index in [4.69, 9.17) is 11.6 Å². The molecular weight excluding hydrogens is 178 g/mol. The molecule has 0 aliphatic rings. The van der Waals surface area contributed by atoms with Crippen LogP contribution in [0.2, 0.25) is 5.15 Å². The lowest BCUT2D eigenvalue weighted by Gasteiger charge is -1.97. The average molecular weight is 182 g/mol. The minimum absolute atomic E-state index is 0.397. The molecule has 0 amide bonds. The van der Waals surface area contributed by atoms with Crippen LogP contribution in [-0.2, 0) is 0 Å². The summed E-state index contributed by atoms with van der Waals surface area (Å²) in [6.45, 7) is 0. The third-order valence-corrected chi connectivity index (χ3v) is 1.51. The van der Waals surface area contributed by atoms with E-state index >= 15 is 0 Å². The molecule has 2 heterocycles. The molecule has 0 saturated carbocycles. The molecule has 60 valence electrons. The van der Waals surface area contributed by atoms with Crippen molar-refractivity contribution in [3.63, 3.8) is 0 Å². The van der Waals surface area contributed by atoms with Gasteiger partial charge in [-0.15, -0.1) is 10.2 Å². The van der Waals surface area contributed by atoms with Crippen molar-refractivity contribution in [1.82, 2.24) is 24.7 Å². The van der Waals surface area contributed by atoms with Crippen LogP contribution >= 0.6 is 11.6 Å². The summed E-state index contributed by atoms with van der Waals surface area (Å²) < 4.78 is 1.65. The van der Waals surface area contributed by atoms with Gasteiger partial charge in [0, 0.05) is 6.07 Å². The van der Waals surface area contributed by atoms with Crippen LogP contribution in [0.15, 0.2) is 25.0 Å². The van der Waals surface area contributed by atoms with Crippen molar-refractivity contribution in [3.05, 3.63) is 30.2 Å². The van der Waals surface area contributed by atoms with Gasteiger partial charge in [-0.05, 0) is 0 Å². The van der Waals surface area contributed by atoms with E-state index in [1.807, 2.05) is 0 Å². The van der Waals surface area contributed by atoms with Crippen LogP contribution in [0, 0.1) is 0 Å². The zero-order valence-corrected chi connectivity index (χ0v) is 6.68. The zero-order chi connectivity index (χ0) is 8.39. The molecular formula is C6H4ClN5. The third-order valence-electron chi connectivity index (χ3n) is 1.30. The lowest BCUT2D eigenvalue weighted by molar-refractivity contribution is 0.969. The Morgan fingerprint density at radius 3 is 2.58 bits per heavy atom. The second kappa shape index (κ2) is 2.86. The number of hydrogen-bond acceptors (Lipinski definition) is 4. The lowest BCUT2D eigenvalue weighted by Crippen LogP contribution is -1.94. The van der Waals surface area contributed by atoms with Gasteiger partial charge < -0.3 is 0 Å². The Labute approximate surface area is 73.1 Å². The number of rotatable bonds is 1. The van der Waals surface area contributed by atoms with E-state index in [1.54, 1.807) is 23.3 Å². The monoisotopic (exact) mass is 181 g/mol. The third kappa shape index (κ3) is 1.26. The van der Waals surface area contributed by atoms with E-state index in [0.29, 0.717) is 11.0 Å². The lowest BCUT2D eigenvalue weighted by atomic mass is 10.6. The van der Waals surface area contributed by atoms with Gasteiger partial charge in [0.15, 0.2) is 0 Å². The first-order valence-electron chi connectivity index (χ1n) is 3.19. The summed E-state index contributed by atoms with van der Waals surface area (Å²) >= 11 is 5.66. The fourth-order valence-electron chi connectivity index (χ4n) is 0.784. The van der Waals surface area contributed by atoms with Gasteiger partial charge in [-0.2, -0.15) is 0 Å². The van der Waals surface area contributed by atoms with Crippen LogP contribution < -0.4 is 0 Å². The molecule has 12 heavy (non-hydrogen) atoms. The van der Waals surface area contributed by atoms with Crippen molar-refractivity contribution in [2.24, 2.45) is 0 Å². The van der Waals surface area contributed by atoms with Crippen LogP contribution in [0.1, 0.15) is 0 Å². The Morgan fingerprint density at radius 2 is 1.92 bits per heavy atom. The molecule has 0 unspecified atom stereocenters. The van der Waals surface area contributed by atoms with Gasteiger partial charge in [0.25, 0.3) is 0 Å². The smallest absolute Gasteiger partial charge is 0.144 e. The molecule has 0 aromatic carbocycles. The van der Waals surface area contributed by atoms with Gasteiger partial charge in [0.2, 0.25) is 0 Å². The van der Waals surface area contributed by atoms with Crippen LogP contribution in [-0.4, -0.2) is 24.7 Å². The number of halogens is 1. The fourth-order valence-corrected chi connectivity index (χ4v) is 0.926. The summed E-state index contributed by atoms with van der Waals surface area (Å²) in [5.41, 5.74) is 0. The summed E-state index contributed by atoms with van der Waals surface area (Å²) in [6.07, 6.45) is 4.47. The van der Waals surface area contributed by atoms with Gasteiger partial charge in [0.1, 0.15) is 30.0 Å². The first-order valence-corrected chi connectivity index (χ1v) is 3.56. The van der Waals surface area contributed by atoms with Crippen LogP contribution in [0.4, 0.5) is 0 Å². The van der Waals surface area contributed by atoms with Crippen molar-refractivity contribution in [2.45, 2.75) is 0 Å². The summed E-state index contributed by atoms with van der Waals surface area (Å²) in [4.78, 5) is 7.72. The Balaban J connectivity index is 2.48. The highest BCUT2D eigenvalue weighted by Crippen LogP contribution is 2.07. The van der Waals surface area contributed by atoms with Crippen molar-refractivity contribution in [1.29, 1.82) is 0 Å². The van der Waals surface area contributed by atoms with Gasteiger partial charge in [-0.3, -0.25) is 4.57 Å². The molecule has 6 heteroatoms. The Bertz CT molecular complexity index is 371. The van der Waals surface area contributed by atoms with Gasteiger partial charge in [-0.25, -0.2) is 9.97 Å². The van der Waals surface area contributed by atoms with Crippen molar-refractivity contribution < 1.29 is 0 Å². The van der Waals surface area contributed by atoms with Crippen LogP contribution in [0.25, 0.3) is 5.82 Å². The van der Waals surface area contributed by atoms with Gasteiger partial charge in [0.05, 0.1) is 0 Å². The average Bonchev–Trinajstić information content (AvgIpc) is 2.56. The number of hydrogen-bond donors (Lipinski definition) is 0. The first kappa shape index (κ1) is 7.17. The van der Waals surface area contributed by atoms with E-state index in [2.05, 4.69) is 20.2 Å². The van der Waals surface area contributed by atoms with E-state index < -0.39 is 0 Å². The second-order valence-electron chi connectivity index (χ2n) is 2.07. The Kier molecular flexibility index (Phi) is 1.71. The summed E-state index contributed by atoms with van der Waals surface area (Å²) in [6, 6.07) is 1.63. The Hall–Kier alpha value is -1.49. The highest BCUT2D eigenvalue weighted by atomic mass is 35.5. The molecule has 0 spiro atoms. The maximum atomic E-state index is 5.66. The van der Waals surface area contributed by atoms with Crippen molar-refractivity contribution in [2.75, 3.05) is 0 Å². The Morgan fingerprint density at radius 1 is 1.17 bits per heavy atom. The predicted octanol–water partition coefficient (Wildman–Crippen LogP) is 0.711. The molecule has 0 saturated heterocycles. The van der Waals surface area contributed by atoms with E-state index in [0.717, 1.165) is 0 Å². The van der Waals surface area contributed by atoms with Crippen LogP contribution in [0.3, 0.4) is 0 Å².